The molecule has 1 aromatic rings. The van der Waals surface area contributed by atoms with E-state index in [0.717, 1.165) is 12.0 Å². The maximum Gasteiger partial charge on any atom is 0.328 e. The van der Waals surface area contributed by atoms with Crippen LogP contribution in [0, 0.1) is 12.8 Å². The fourth-order valence-corrected chi connectivity index (χ4v) is 1.62. The predicted molar refractivity (Wildman–Crippen MR) is 67.9 cm³/mol. The minimum atomic E-state index is -0.339. The monoisotopic (exact) mass is 236 g/mol. The van der Waals surface area contributed by atoms with Gasteiger partial charge in [-0.05, 0) is 37.0 Å². The molecule has 94 valence electrons. The molecule has 4 heteroatoms. The highest BCUT2D eigenvalue weighted by Gasteiger charge is 2.20. The Balaban J connectivity index is 2.75. The number of anilines is 1. The van der Waals surface area contributed by atoms with Crippen LogP contribution in [-0.4, -0.2) is 24.1 Å². The molecule has 1 N–H and O–H groups in total. The number of carbonyl (C=O) groups excluding carboxylic acids is 1. The molecule has 0 aliphatic heterocycles. The first-order chi connectivity index (χ1) is 8.02. The molecule has 0 fully saturated rings. The number of ether oxygens (including phenoxy) is 1. The predicted octanol–water partition coefficient (Wildman–Crippen LogP) is 2.39. The lowest BCUT2D eigenvalue weighted by Gasteiger charge is -2.18. The average molecular weight is 236 g/mol. The smallest absolute Gasteiger partial charge is 0.328 e. The van der Waals surface area contributed by atoms with Crippen LogP contribution in [0.1, 0.15) is 25.8 Å². The van der Waals surface area contributed by atoms with Crippen LogP contribution in [0.5, 0.6) is 0 Å². The number of pyridine rings is 1. The van der Waals surface area contributed by atoms with Crippen LogP contribution in [0.3, 0.4) is 0 Å². The van der Waals surface area contributed by atoms with Gasteiger partial charge < -0.3 is 10.1 Å². The molecule has 4 nitrogen and oxygen atoms in total. The number of rotatable bonds is 5. The fourth-order valence-electron chi connectivity index (χ4n) is 1.62. The minimum absolute atomic E-state index is 0.248. The van der Waals surface area contributed by atoms with E-state index < -0.39 is 0 Å². The molecular weight excluding hydrogens is 216 g/mol. The lowest BCUT2D eigenvalue weighted by atomic mass is 10.0. The standard InChI is InChI=1S/C13H20N2O2/c1-9(2)7-11(13(16)17-4)15-12-8-10(3)5-6-14-12/h5-6,8-9,11H,7H2,1-4H3,(H,14,15). The number of nitrogens with one attached hydrogen (secondary N) is 1. The second-order valence-corrected chi connectivity index (χ2v) is 4.57. The second kappa shape index (κ2) is 6.23. The summed E-state index contributed by atoms with van der Waals surface area (Å²) in [5.74, 6) is 0.875. The Bertz CT molecular complexity index is 377. The van der Waals surface area contributed by atoms with E-state index in [0.29, 0.717) is 11.7 Å². The van der Waals surface area contributed by atoms with E-state index in [1.54, 1.807) is 6.20 Å². The zero-order chi connectivity index (χ0) is 12.8. The Kier molecular flexibility index (Phi) is 4.94. The molecule has 0 saturated heterocycles. The summed E-state index contributed by atoms with van der Waals surface area (Å²) in [7, 11) is 1.40. The van der Waals surface area contributed by atoms with Gasteiger partial charge in [0.1, 0.15) is 11.9 Å². The Hall–Kier alpha value is -1.58. The average Bonchev–Trinajstić information content (AvgIpc) is 2.26. The first kappa shape index (κ1) is 13.5. The summed E-state index contributed by atoms with van der Waals surface area (Å²) in [5, 5.41) is 3.12. The number of aryl methyl sites for hydroxylation is 1. The third kappa shape index (κ3) is 4.43. The molecule has 1 atom stereocenters. The summed E-state index contributed by atoms with van der Waals surface area (Å²) in [4.78, 5) is 15.8. The molecule has 0 amide bonds. The minimum Gasteiger partial charge on any atom is -0.467 e. The van der Waals surface area contributed by atoms with E-state index in [2.05, 4.69) is 24.1 Å². The van der Waals surface area contributed by atoms with Crippen LogP contribution >= 0.6 is 0 Å². The molecule has 1 heterocycles. The van der Waals surface area contributed by atoms with Crippen molar-refractivity contribution in [3.63, 3.8) is 0 Å². The SMILES string of the molecule is COC(=O)C(CC(C)C)Nc1cc(C)ccn1. The van der Waals surface area contributed by atoms with Crippen molar-refractivity contribution in [3.8, 4) is 0 Å². The van der Waals surface area contributed by atoms with Crippen molar-refractivity contribution in [1.29, 1.82) is 0 Å². The van der Waals surface area contributed by atoms with Gasteiger partial charge in [-0.25, -0.2) is 9.78 Å². The van der Waals surface area contributed by atoms with E-state index in [1.165, 1.54) is 7.11 Å². The van der Waals surface area contributed by atoms with E-state index in [-0.39, 0.29) is 12.0 Å². The normalized spacial score (nSPS) is 12.3. The molecule has 0 aromatic carbocycles. The first-order valence-corrected chi connectivity index (χ1v) is 5.80. The third-order valence-corrected chi connectivity index (χ3v) is 2.43. The molecule has 0 bridgehead atoms. The lowest BCUT2D eigenvalue weighted by molar-refractivity contribution is -0.141. The Labute approximate surface area is 102 Å². The zero-order valence-electron chi connectivity index (χ0n) is 10.9. The van der Waals surface area contributed by atoms with E-state index in [4.69, 9.17) is 4.74 Å². The molecule has 1 rings (SSSR count). The summed E-state index contributed by atoms with van der Waals surface area (Å²) in [6.07, 6.45) is 2.45. The molecule has 0 aliphatic rings. The first-order valence-electron chi connectivity index (χ1n) is 5.80. The van der Waals surface area contributed by atoms with Crippen LogP contribution < -0.4 is 5.32 Å². The van der Waals surface area contributed by atoms with Gasteiger partial charge in [-0.2, -0.15) is 0 Å². The van der Waals surface area contributed by atoms with Crippen molar-refractivity contribution >= 4 is 11.8 Å². The lowest BCUT2D eigenvalue weighted by Crippen LogP contribution is -2.32. The van der Waals surface area contributed by atoms with Crippen molar-refractivity contribution in [3.05, 3.63) is 23.9 Å². The van der Waals surface area contributed by atoms with Crippen molar-refractivity contribution in [1.82, 2.24) is 4.98 Å². The summed E-state index contributed by atoms with van der Waals surface area (Å²) < 4.78 is 4.79. The Morgan fingerprint density at radius 2 is 2.24 bits per heavy atom. The van der Waals surface area contributed by atoms with Gasteiger partial charge in [-0.1, -0.05) is 13.8 Å². The van der Waals surface area contributed by atoms with Gasteiger partial charge >= 0.3 is 5.97 Å². The van der Waals surface area contributed by atoms with Gasteiger partial charge in [0.2, 0.25) is 0 Å². The van der Waals surface area contributed by atoms with E-state index in [9.17, 15) is 4.79 Å². The van der Waals surface area contributed by atoms with Gasteiger partial charge in [0.15, 0.2) is 0 Å². The highest BCUT2D eigenvalue weighted by molar-refractivity contribution is 5.78. The van der Waals surface area contributed by atoms with Gasteiger partial charge in [0, 0.05) is 6.20 Å². The number of carbonyl (C=O) groups is 1. The van der Waals surface area contributed by atoms with Gasteiger partial charge in [0.05, 0.1) is 7.11 Å². The molecule has 17 heavy (non-hydrogen) atoms. The largest absolute Gasteiger partial charge is 0.467 e. The van der Waals surface area contributed by atoms with Crippen LogP contribution in [0.4, 0.5) is 5.82 Å². The third-order valence-electron chi connectivity index (χ3n) is 2.43. The number of methoxy groups -OCH3 is 1. The van der Waals surface area contributed by atoms with Gasteiger partial charge in [-0.3, -0.25) is 0 Å². The number of aromatic nitrogens is 1. The zero-order valence-corrected chi connectivity index (χ0v) is 10.9. The number of nitrogens with zero attached hydrogens (tertiary/aromatic N) is 1. The van der Waals surface area contributed by atoms with Crippen molar-refractivity contribution in [2.24, 2.45) is 5.92 Å². The second-order valence-electron chi connectivity index (χ2n) is 4.57. The molecule has 1 unspecified atom stereocenters. The maximum absolute atomic E-state index is 11.6. The van der Waals surface area contributed by atoms with Crippen LogP contribution in [0.15, 0.2) is 18.3 Å². The van der Waals surface area contributed by atoms with E-state index >= 15 is 0 Å². The molecule has 0 radical (unpaired) electrons. The van der Waals surface area contributed by atoms with Crippen molar-refractivity contribution in [2.45, 2.75) is 33.2 Å². The molecule has 0 spiro atoms. The Morgan fingerprint density at radius 1 is 1.53 bits per heavy atom. The summed E-state index contributed by atoms with van der Waals surface area (Å²) in [6, 6.07) is 3.49. The number of hydrogen-bond donors (Lipinski definition) is 1. The summed E-state index contributed by atoms with van der Waals surface area (Å²) >= 11 is 0. The highest BCUT2D eigenvalue weighted by atomic mass is 16.5. The molecule has 0 aliphatic carbocycles. The van der Waals surface area contributed by atoms with Gasteiger partial charge in [-0.15, -0.1) is 0 Å². The summed E-state index contributed by atoms with van der Waals surface area (Å²) in [6.45, 7) is 6.13. The fraction of sp³-hybridized carbons (Fsp3) is 0.538. The molecule has 1 aromatic heterocycles. The number of esters is 1. The van der Waals surface area contributed by atoms with Gasteiger partial charge in [0.25, 0.3) is 0 Å². The van der Waals surface area contributed by atoms with E-state index in [1.807, 2.05) is 19.1 Å². The van der Waals surface area contributed by atoms with Crippen LogP contribution in [0.25, 0.3) is 0 Å². The number of hydrogen-bond acceptors (Lipinski definition) is 4. The van der Waals surface area contributed by atoms with Crippen LogP contribution in [0.2, 0.25) is 0 Å². The van der Waals surface area contributed by atoms with Crippen molar-refractivity contribution in [2.75, 3.05) is 12.4 Å². The topological polar surface area (TPSA) is 51.2 Å². The maximum atomic E-state index is 11.6. The molecular formula is C13H20N2O2. The van der Waals surface area contributed by atoms with Crippen molar-refractivity contribution < 1.29 is 9.53 Å². The highest BCUT2D eigenvalue weighted by Crippen LogP contribution is 2.13. The quantitative estimate of drug-likeness (QED) is 0.797. The molecule has 0 saturated carbocycles. The Morgan fingerprint density at radius 3 is 2.76 bits per heavy atom. The van der Waals surface area contributed by atoms with Crippen LogP contribution in [-0.2, 0) is 9.53 Å². The summed E-state index contributed by atoms with van der Waals surface area (Å²) in [5.41, 5.74) is 1.11.